The molecule has 1 aromatic heterocycles. The summed E-state index contributed by atoms with van der Waals surface area (Å²) in [5.41, 5.74) is 6.32. The maximum Gasteiger partial charge on any atom is 0.273 e. The predicted octanol–water partition coefficient (Wildman–Crippen LogP) is 3.02. The lowest BCUT2D eigenvalue weighted by atomic mass is 9.93. The van der Waals surface area contributed by atoms with Crippen LogP contribution in [0.3, 0.4) is 0 Å². The first kappa shape index (κ1) is 17.6. The van der Waals surface area contributed by atoms with Crippen LogP contribution in [0.2, 0.25) is 0 Å². The van der Waals surface area contributed by atoms with Crippen LogP contribution in [0.25, 0.3) is 5.69 Å². The van der Waals surface area contributed by atoms with Crippen LogP contribution >= 0.6 is 15.9 Å². The summed E-state index contributed by atoms with van der Waals surface area (Å²) in [6.45, 7) is 4.34. The third-order valence-electron chi connectivity index (χ3n) is 4.10. The standard InChI is InChI=1S/C16H20BrFN4O/c1-3-16(4-2,10-19)20-15(23)14-13(17)9-22(21-14)12-7-5-11(18)6-8-12/h5-9H,3-4,10,19H2,1-2H3,(H,20,23). The highest BCUT2D eigenvalue weighted by molar-refractivity contribution is 9.10. The third-order valence-corrected chi connectivity index (χ3v) is 4.68. The van der Waals surface area contributed by atoms with E-state index in [4.69, 9.17) is 5.73 Å². The van der Waals surface area contributed by atoms with Crippen LogP contribution in [0.1, 0.15) is 37.2 Å². The number of nitrogens with two attached hydrogens (primary N) is 1. The maximum absolute atomic E-state index is 13.0. The molecule has 23 heavy (non-hydrogen) atoms. The molecule has 0 unspecified atom stereocenters. The lowest BCUT2D eigenvalue weighted by molar-refractivity contribution is 0.0889. The highest BCUT2D eigenvalue weighted by atomic mass is 79.9. The molecule has 1 heterocycles. The van der Waals surface area contributed by atoms with E-state index < -0.39 is 5.54 Å². The number of carbonyl (C=O) groups excluding carboxylic acids is 1. The number of rotatable bonds is 6. The van der Waals surface area contributed by atoms with E-state index in [9.17, 15) is 9.18 Å². The van der Waals surface area contributed by atoms with Crippen molar-refractivity contribution in [3.05, 3.63) is 46.4 Å². The fraction of sp³-hybridized carbons (Fsp3) is 0.375. The first-order chi connectivity index (χ1) is 10.9. The predicted molar refractivity (Wildman–Crippen MR) is 91.1 cm³/mol. The van der Waals surface area contributed by atoms with Crippen molar-refractivity contribution in [1.82, 2.24) is 15.1 Å². The van der Waals surface area contributed by atoms with Crippen LogP contribution in [0.4, 0.5) is 4.39 Å². The Morgan fingerprint density at radius 2 is 1.96 bits per heavy atom. The second-order valence-electron chi connectivity index (χ2n) is 5.39. The molecule has 2 aromatic rings. The Balaban J connectivity index is 2.27. The monoisotopic (exact) mass is 382 g/mol. The van der Waals surface area contributed by atoms with Crippen molar-refractivity contribution in [2.45, 2.75) is 32.2 Å². The highest BCUT2D eigenvalue weighted by Gasteiger charge is 2.28. The average Bonchev–Trinajstić information content (AvgIpc) is 2.95. The van der Waals surface area contributed by atoms with Gasteiger partial charge in [0.15, 0.2) is 5.69 Å². The second-order valence-corrected chi connectivity index (χ2v) is 6.25. The van der Waals surface area contributed by atoms with Gasteiger partial charge in [-0.3, -0.25) is 4.79 Å². The largest absolute Gasteiger partial charge is 0.344 e. The van der Waals surface area contributed by atoms with Crippen molar-refractivity contribution < 1.29 is 9.18 Å². The fourth-order valence-corrected chi connectivity index (χ4v) is 2.75. The SMILES string of the molecule is CCC(CC)(CN)NC(=O)c1nn(-c2ccc(F)cc2)cc1Br. The van der Waals surface area contributed by atoms with Gasteiger partial charge in [0, 0.05) is 12.7 Å². The number of benzene rings is 1. The molecule has 1 amide bonds. The smallest absolute Gasteiger partial charge is 0.273 e. The van der Waals surface area contributed by atoms with E-state index in [0.717, 1.165) is 12.8 Å². The van der Waals surface area contributed by atoms with E-state index >= 15 is 0 Å². The minimum atomic E-state index is -0.434. The van der Waals surface area contributed by atoms with E-state index in [1.54, 1.807) is 18.3 Å². The number of nitrogens with one attached hydrogen (secondary N) is 1. The van der Waals surface area contributed by atoms with Gasteiger partial charge in [0.2, 0.25) is 0 Å². The summed E-state index contributed by atoms with van der Waals surface area (Å²) in [5.74, 6) is -0.608. The van der Waals surface area contributed by atoms with E-state index in [-0.39, 0.29) is 17.4 Å². The minimum absolute atomic E-state index is 0.272. The normalized spacial score (nSPS) is 11.5. The van der Waals surface area contributed by atoms with Gasteiger partial charge in [0.25, 0.3) is 5.91 Å². The van der Waals surface area contributed by atoms with Crippen LogP contribution < -0.4 is 11.1 Å². The molecule has 124 valence electrons. The quantitative estimate of drug-likeness (QED) is 0.806. The van der Waals surface area contributed by atoms with E-state index in [1.807, 2.05) is 13.8 Å². The summed E-state index contributed by atoms with van der Waals surface area (Å²) in [4.78, 5) is 12.5. The molecule has 0 atom stereocenters. The number of carbonyl (C=O) groups is 1. The van der Waals surface area contributed by atoms with Gasteiger partial charge in [0.1, 0.15) is 5.82 Å². The molecule has 0 bridgehead atoms. The number of hydrogen-bond acceptors (Lipinski definition) is 3. The average molecular weight is 383 g/mol. The van der Waals surface area contributed by atoms with Gasteiger partial charge >= 0.3 is 0 Å². The Kier molecular flexibility index (Phi) is 5.54. The zero-order chi connectivity index (χ0) is 17.0. The van der Waals surface area contributed by atoms with Crippen molar-refractivity contribution in [2.24, 2.45) is 5.73 Å². The van der Waals surface area contributed by atoms with Crippen molar-refractivity contribution in [2.75, 3.05) is 6.54 Å². The van der Waals surface area contributed by atoms with Gasteiger partial charge in [-0.1, -0.05) is 13.8 Å². The first-order valence-electron chi connectivity index (χ1n) is 7.48. The topological polar surface area (TPSA) is 72.9 Å². The van der Waals surface area contributed by atoms with E-state index in [2.05, 4.69) is 26.3 Å². The Morgan fingerprint density at radius 1 is 1.35 bits per heavy atom. The second kappa shape index (κ2) is 7.23. The van der Waals surface area contributed by atoms with Crippen molar-refractivity contribution >= 4 is 21.8 Å². The summed E-state index contributed by atoms with van der Waals surface area (Å²) in [7, 11) is 0. The summed E-state index contributed by atoms with van der Waals surface area (Å²) < 4.78 is 15.1. The van der Waals surface area contributed by atoms with Crippen molar-refractivity contribution in [3.63, 3.8) is 0 Å². The molecule has 0 spiro atoms. The highest BCUT2D eigenvalue weighted by Crippen LogP contribution is 2.20. The molecule has 0 aliphatic rings. The zero-order valence-electron chi connectivity index (χ0n) is 13.1. The van der Waals surface area contributed by atoms with Gasteiger partial charge in [0.05, 0.1) is 15.7 Å². The zero-order valence-corrected chi connectivity index (χ0v) is 14.7. The molecular weight excluding hydrogens is 363 g/mol. The Hall–Kier alpha value is -1.73. The molecule has 0 fully saturated rings. The van der Waals surface area contributed by atoms with Crippen molar-refractivity contribution in [1.29, 1.82) is 0 Å². The Bertz CT molecular complexity index is 672. The van der Waals surface area contributed by atoms with E-state index in [0.29, 0.717) is 16.7 Å². The minimum Gasteiger partial charge on any atom is -0.344 e. The van der Waals surface area contributed by atoms with Crippen LogP contribution in [0.15, 0.2) is 34.9 Å². The Morgan fingerprint density at radius 3 is 2.48 bits per heavy atom. The van der Waals surface area contributed by atoms with E-state index in [1.165, 1.54) is 16.8 Å². The van der Waals surface area contributed by atoms with Crippen LogP contribution in [0, 0.1) is 5.82 Å². The molecule has 5 nitrogen and oxygen atoms in total. The molecule has 7 heteroatoms. The van der Waals surface area contributed by atoms with Crippen LogP contribution in [-0.4, -0.2) is 27.8 Å². The number of nitrogens with zero attached hydrogens (tertiary/aromatic N) is 2. The van der Waals surface area contributed by atoms with Gasteiger partial charge < -0.3 is 11.1 Å². The van der Waals surface area contributed by atoms with Gasteiger partial charge in [-0.15, -0.1) is 0 Å². The molecular formula is C16H20BrFN4O. The van der Waals surface area contributed by atoms with Crippen molar-refractivity contribution in [3.8, 4) is 5.69 Å². The number of amides is 1. The van der Waals surface area contributed by atoms with Gasteiger partial charge in [-0.25, -0.2) is 9.07 Å². The molecule has 0 saturated carbocycles. The third kappa shape index (κ3) is 3.79. The molecule has 2 rings (SSSR count). The summed E-state index contributed by atoms with van der Waals surface area (Å²) in [5, 5.41) is 7.27. The molecule has 1 aromatic carbocycles. The maximum atomic E-state index is 13.0. The molecule has 0 aliphatic carbocycles. The first-order valence-corrected chi connectivity index (χ1v) is 8.27. The number of hydrogen-bond donors (Lipinski definition) is 2. The van der Waals surface area contributed by atoms with Crippen LogP contribution in [-0.2, 0) is 0 Å². The number of aromatic nitrogens is 2. The summed E-state index contributed by atoms with van der Waals surface area (Å²) >= 11 is 3.35. The lowest BCUT2D eigenvalue weighted by Gasteiger charge is -2.31. The van der Waals surface area contributed by atoms with Gasteiger partial charge in [-0.2, -0.15) is 5.10 Å². The Labute approximate surface area is 143 Å². The molecule has 3 N–H and O–H groups in total. The fourth-order valence-electron chi connectivity index (χ4n) is 2.30. The molecule has 0 saturated heterocycles. The summed E-state index contributed by atoms with van der Waals surface area (Å²) in [6, 6.07) is 5.88. The van der Waals surface area contributed by atoms with Gasteiger partial charge in [-0.05, 0) is 53.0 Å². The van der Waals surface area contributed by atoms with Crippen LogP contribution in [0.5, 0.6) is 0 Å². The molecule has 0 radical (unpaired) electrons. The molecule has 0 aliphatic heterocycles. The lowest BCUT2D eigenvalue weighted by Crippen LogP contribution is -2.53. The summed E-state index contributed by atoms with van der Waals surface area (Å²) in [6.07, 6.45) is 3.15. The number of halogens is 2.